The fraction of sp³-hybridized carbons (Fsp3) is 0.636. The van der Waals surface area contributed by atoms with Crippen molar-refractivity contribution in [1.82, 2.24) is 20.4 Å². The summed E-state index contributed by atoms with van der Waals surface area (Å²) >= 11 is 0. The van der Waals surface area contributed by atoms with Crippen molar-refractivity contribution in [3.05, 3.63) is 18.0 Å². The van der Waals surface area contributed by atoms with E-state index in [1.165, 1.54) is 0 Å². The highest BCUT2D eigenvalue weighted by molar-refractivity contribution is 5.75. The Morgan fingerprint density at radius 3 is 2.94 bits per heavy atom. The standard InChI is InChI=1S/C11H20N4O/c1-3-13-11(16)5-8-12-7-4-10-6-9-15(2)14-10/h6,9,12H,3-5,7-8H2,1-2H3,(H,13,16). The van der Waals surface area contributed by atoms with E-state index in [-0.39, 0.29) is 5.91 Å². The molecule has 0 aromatic carbocycles. The van der Waals surface area contributed by atoms with Crippen molar-refractivity contribution >= 4 is 5.91 Å². The van der Waals surface area contributed by atoms with Crippen molar-refractivity contribution in [2.45, 2.75) is 19.8 Å². The number of carbonyl (C=O) groups is 1. The van der Waals surface area contributed by atoms with Crippen molar-refractivity contribution in [3.63, 3.8) is 0 Å². The number of rotatable bonds is 7. The van der Waals surface area contributed by atoms with E-state index in [9.17, 15) is 4.79 Å². The van der Waals surface area contributed by atoms with Gasteiger partial charge in [-0.05, 0) is 13.0 Å². The smallest absolute Gasteiger partial charge is 0.221 e. The van der Waals surface area contributed by atoms with Gasteiger partial charge in [-0.15, -0.1) is 0 Å². The Labute approximate surface area is 96.2 Å². The SMILES string of the molecule is CCNC(=O)CCNCCc1ccn(C)n1. The van der Waals surface area contributed by atoms with Gasteiger partial charge in [0, 0.05) is 45.7 Å². The molecular weight excluding hydrogens is 204 g/mol. The topological polar surface area (TPSA) is 59.0 Å². The lowest BCUT2D eigenvalue weighted by Gasteiger charge is -2.03. The fourth-order valence-electron chi connectivity index (χ4n) is 1.43. The summed E-state index contributed by atoms with van der Waals surface area (Å²) in [7, 11) is 1.91. The van der Waals surface area contributed by atoms with E-state index < -0.39 is 0 Å². The number of amides is 1. The highest BCUT2D eigenvalue weighted by Crippen LogP contribution is 1.93. The quantitative estimate of drug-likeness (QED) is 0.645. The first-order valence-electron chi connectivity index (χ1n) is 5.68. The molecule has 1 amide bonds. The Kier molecular flexibility index (Phi) is 5.56. The van der Waals surface area contributed by atoms with E-state index in [0.717, 1.165) is 25.2 Å². The zero-order valence-electron chi connectivity index (χ0n) is 9.99. The van der Waals surface area contributed by atoms with Crippen LogP contribution >= 0.6 is 0 Å². The first-order valence-corrected chi connectivity index (χ1v) is 5.68. The van der Waals surface area contributed by atoms with Crippen molar-refractivity contribution in [2.75, 3.05) is 19.6 Å². The average Bonchev–Trinajstić information content (AvgIpc) is 2.64. The molecule has 0 aliphatic carbocycles. The molecule has 1 heterocycles. The number of carbonyl (C=O) groups excluding carboxylic acids is 1. The third-order valence-electron chi connectivity index (χ3n) is 2.23. The van der Waals surface area contributed by atoms with Gasteiger partial charge in [0.2, 0.25) is 5.91 Å². The molecule has 0 bridgehead atoms. The van der Waals surface area contributed by atoms with Gasteiger partial charge in [-0.1, -0.05) is 0 Å². The summed E-state index contributed by atoms with van der Waals surface area (Å²) in [5.41, 5.74) is 1.08. The van der Waals surface area contributed by atoms with Gasteiger partial charge >= 0.3 is 0 Å². The molecule has 0 atom stereocenters. The fourth-order valence-corrected chi connectivity index (χ4v) is 1.43. The van der Waals surface area contributed by atoms with E-state index in [1.807, 2.05) is 26.2 Å². The highest BCUT2D eigenvalue weighted by Gasteiger charge is 1.99. The van der Waals surface area contributed by atoms with Crippen LogP contribution in [-0.4, -0.2) is 35.3 Å². The van der Waals surface area contributed by atoms with Crippen molar-refractivity contribution in [1.29, 1.82) is 0 Å². The molecule has 0 aliphatic heterocycles. The maximum absolute atomic E-state index is 11.1. The molecule has 1 rings (SSSR count). The second kappa shape index (κ2) is 7.00. The number of nitrogens with one attached hydrogen (secondary N) is 2. The number of hydrogen-bond donors (Lipinski definition) is 2. The predicted molar refractivity (Wildman–Crippen MR) is 63.1 cm³/mol. The van der Waals surface area contributed by atoms with Crippen LogP contribution < -0.4 is 10.6 Å². The molecule has 0 spiro atoms. The minimum atomic E-state index is 0.104. The number of aromatic nitrogens is 2. The molecule has 90 valence electrons. The summed E-state index contributed by atoms with van der Waals surface area (Å²) in [6.07, 6.45) is 3.37. The lowest BCUT2D eigenvalue weighted by atomic mass is 10.3. The Morgan fingerprint density at radius 1 is 1.50 bits per heavy atom. The molecule has 0 fully saturated rings. The van der Waals surface area contributed by atoms with Crippen LogP contribution in [0.2, 0.25) is 0 Å². The highest BCUT2D eigenvalue weighted by atomic mass is 16.1. The third kappa shape index (κ3) is 4.93. The van der Waals surface area contributed by atoms with Gasteiger partial charge in [-0.2, -0.15) is 5.10 Å². The summed E-state index contributed by atoms with van der Waals surface area (Å²) in [6, 6.07) is 2.01. The van der Waals surface area contributed by atoms with Crippen LogP contribution in [0.25, 0.3) is 0 Å². The van der Waals surface area contributed by atoms with Crippen LogP contribution in [0.15, 0.2) is 12.3 Å². The molecule has 0 unspecified atom stereocenters. The molecule has 0 aliphatic rings. The summed E-state index contributed by atoms with van der Waals surface area (Å²) < 4.78 is 1.80. The van der Waals surface area contributed by atoms with Crippen LogP contribution in [0, 0.1) is 0 Å². The van der Waals surface area contributed by atoms with Gasteiger partial charge in [0.05, 0.1) is 5.69 Å². The molecule has 0 radical (unpaired) electrons. The summed E-state index contributed by atoms with van der Waals surface area (Å²) in [4.78, 5) is 11.1. The largest absolute Gasteiger partial charge is 0.356 e. The molecular formula is C11H20N4O. The van der Waals surface area contributed by atoms with Crippen molar-refractivity contribution < 1.29 is 4.79 Å². The Hall–Kier alpha value is -1.36. The molecule has 2 N–H and O–H groups in total. The second-order valence-electron chi connectivity index (χ2n) is 3.68. The number of aryl methyl sites for hydroxylation is 1. The number of nitrogens with zero attached hydrogens (tertiary/aromatic N) is 2. The second-order valence-corrected chi connectivity index (χ2v) is 3.68. The van der Waals surface area contributed by atoms with Crippen molar-refractivity contribution in [3.8, 4) is 0 Å². The normalized spacial score (nSPS) is 10.4. The minimum absolute atomic E-state index is 0.104. The Balaban J connectivity index is 2.02. The number of hydrogen-bond acceptors (Lipinski definition) is 3. The molecule has 0 saturated carbocycles. The predicted octanol–water partition coefficient (Wildman–Crippen LogP) is 0.0784. The summed E-state index contributed by atoms with van der Waals surface area (Å²) in [6.45, 7) is 4.20. The maximum atomic E-state index is 11.1. The molecule has 16 heavy (non-hydrogen) atoms. The van der Waals surface area contributed by atoms with Crippen LogP contribution in [0.3, 0.4) is 0 Å². The van der Waals surface area contributed by atoms with Gasteiger partial charge in [0.25, 0.3) is 0 Å². The first kappa shape index (κ1) is 12.7. The maximum Gasteiger partial charge on any atom is 0.221 e. The third-order valence-corrected chi connectivity index (χ3v) is 2.23. The van der Waals surface area contributed by atoms with Crippen molar-refractivity contribution in [2.24, 2.45) is 7.05 Å². The zero-order chi connectivity index (χ0) is 11.8. The van der Waals surface area contributed by atoms with E-state index in [2.05, 4.69) is 15.7 Å². The first-order chi connectivity index (χ1) is 7.72. The van der Waals surface area contributed by atoms with Crippen LogP contribution in [0.4, 0.5) is 0 Å². The monoisotopic (exact) mass is 224 g/mol. The van der Waals surface area contributed by atoms with Gasteiger partial charge < -0.3 is 10.6 Å². The lowest BCUT2D eigenvalue weighted by molar-refractivity contribution is -0.120. The molecule has 0 saturated heterocycles. The summed E-state index contributed by atoms with van der Waals surface area (Å²) in [5.74, 6) is 0.104. The molecule has 1 aromatic heterocycles. The van der Waals surface area contributed by atoms with E-state index in [0.29, 0.717) is 13.0 Å². The van der Waals surface area contributed by atoms with Crippen LogP contribution in [-0.2, 0) is 18.3 Å². The Bertz CT molecular complexity index is 322. The minimum Gasteiger partial charge on any atom is -0.356 e. The van der Waals surface area contributed by atoms with Crippen LogP contribution in [0.5, 0.6) is 0 Å². The van der Waals surface area contributed by atoms with Gasteiger partial charge in [-0.3, -0.25) is 9.48 Å². The van der Waals surface area contributed by atoms with E-state index >= 15 is 0 Å². The average molecular weight is 224 g/mol. The Morgan fingerprint density at radius 2 is 2.31 bits per heavy atom. The lowest BCUT2D eigenvalue weighted by Crippen LogP contribution is -2.28. The van der Waals surface area contributed by atoms with Gasteiger partial charge in [0.15, 0.2) is 0 Å². The molecule has 1 aromatic rings. The summed E-state index contributed by atoms with van der Waals surface area (Å²) in [5, 5.41) is 10.3. The van der Waals surface area contributed by atoms with Gasteiger partial charge in [0.1, 0.15) is 0 Å². The van der Waals surface area contributed by atoms with E-state index in [4.69, 9.17) is 0 Å². The van der Waals surface area contributed by atoms with Gasteiger partial charge in [-0.25, -0.2) is 0 Å². The molecule has 5 nitrogen and oxygen atoms in total. The molecule has 5 heteroatoms. The van der Waals surface area contributed by atoms with E-state index in [1.54, 1.807) is 4.68 Å². The zero-order valence-corrected chi connectivity index (χ0v) is 9.99. The van der Waals surface area contributed by atoms with Crippen LogP contribution in [0.1, 0.15) is 19.0 Å².